The summed E-state index contributed by atoms with van der Waals surface area (Å²) in [5.41, 5.74) is 1.05. The summed E-state index contributed by atoms with van der Waals surface area (Å²) in [6.07, 6.45) is 2.51. The first kappa shape index (κ1) is 17.2. The van der Waals surface area contributed by atoms with E-state index in [-0.39, 0.29) is 6.04 Å². The van der Waals surface area contributed by atoms with Crippen molar-refractivity contribution in [3.8, 4) is 11.5 Å². The number of hydrogen-bond acceptors (Lipinski definition) is 6. The molecule has 25 heavy (non-hydrogen) atoms. The number of benzene rings is 2. The van der Waals surface area contributed by atoms with Crippen molar-refractivity contribution in [2.75, 3.05) is 34.9 Å². The molecular weight excluding hydrogens is 318 g/mol. The molecule has 0 bridgehead atoms. The van der Waals surface area contributed by atoms with E-state index in [2.05, 4.69) is 46.7 Å². The van der Waals surface area contributed by atoms with Crippen LogP contribution >= 0.6 is 0 Å². The number of hydrogen-bond donors (Lipinski definition) is 0. The largest absolute Gasteiger partial charge is 0.496 e. The average molecular weight is 341 g/mol. The maximum atomic E-state index is 5.69. The van der Waals surface area contributed by atoms with E-state index in [1.54, 1.807) is 25.2 Å². The summed E-state index contributed by atoms with van der Waals surface area (Å²) >= 11 is 0. The number of nitrogens with zero attached hydrogens (tertiary/aromatic N) is 5. The molecule has 0 spiro atoms. The molecular formula is C18H23N5O2. The molecule has 1 aromatic heterocycles. The summed E-state index contributed by atoms with van der Waals surface area (Å²) in [6, 6.07) is 10.2. The Balaban J connectivity index is 2.12. The zero-order valence-electron chi connectivity index (χ0n) is 15.0. The van der Waals surface area contributed by atoms with Crippen LogP contribution in [0.15, 0.2) is 36.7 Å². The number of fused-ring (bicyclic) bond motifs is 1. The number of ether oxygens (including phenoxy) is 2. The van der Waals surface area contributed by atoms with Crippen LogP contribution in [0.1, 0.15) is 18.0 Å². The lowest BCUT2D eigenvalue weighted by Gasteiger charge is -2.22. The molecule has 1 heterocycles. The molecule has 0 amide bonds. The Kier molecular flexibility index (Phi) is 5.14. The van der Waals surface area contributed by atoms with Gasteiger partial charge in [-0.15, -0.1) is 5.10 Å². The summed E-state index contributed by atoms with van der Waals surface area (Å²) < 4.78 is 13.0. The van der Waals surface area contributed by atoms with Crippen molar-refractivity contribution in [1.29, 1.82) is 0 Å². The third-order valence-electron chi connectivity index (χ3n) is 4.30. The first-order chi connectivity index (χ1) is 12.1. The fourth-order valence-corrected chi connectivity index (χ4v) is 3.03. The molecule has 3 aromatic rings. The highest BCUT2D eigenvalue weighted by Gasteiger charge is 2.21. The summed E-state index contributed by atoms with van der Waals surface area (Å²) in [6.45, 7) is 0.907. The first-order valence-electron chi connectivity index (χ1n) is 8.16. The molecule has 0 saturated heterocycles. The van der Waals surface area contributed by atoms with E-state index >= 15 is 0 Å². The predicted molar refractivity (Wildman–Crippen MR) is 96.2 cm³/mol. The number of rotatable bonds is 7. The van der Waals surface area contributed by atoms with Gasteiger partial charge in [0.05, 0.1) is 20.3 Å². The quantitative estimate of drug-likeness (QED) is 0.657. The fraction of sp³-hybridized carbons (Fsp3) is 0.389. The Hall–Kier alpha value is -2.67. The topological polar surface area (TPSA) is 65.3 Å². The van der Waals surface area contributed by atoms with Crippen LogP contribution in [0.25, 0.3) is 10.8 Å². The smallest absolute Gasteiger partial charge is 0.138 e. The van der Waals surface area contributed by atoms with Crippen molar-refractivity contribution < 1.29 is 9.47 Å². The number of methoxy groups -OCH3 is 2. The Morgan fingerprint density at radius 3 is 2.56 bits per heavy atom. The van der Waals surface area contributed by atoms with Gasteiger partial charge in [-0.25, -0.2) is 4.68 Å². The minimum Gasteiger partial charge on any atom is -0.496 e. The molecule has 0 aliphatic heterocycles. The summed E-state index contributed by atoms with van der Waals surface area (Å²) in [7, 11) is 7.47. The van der Waals surface area contributed by atoms with Crippen LogP contribution in [-0.2, 0) is 0 Å². The first-order valence-corrected chi connectivity index (χ1v) is 8.16. The molecule has 1 atom stereocenters. The molecule has 0 saturated carbocycles. The highest BCUT2D eigenvalue weighted by atomic mass is 16.5. The normalized spacial score (nSPS) is 12.5. The van der Waals surface area contributed by atoms with Gasteiger partial charge in [-0.3, -0.25) is 0 Å². The Morgan fingerprint density at radius 2 is 1.92 bits per heavy atom. The molecule has 0 aliphatic carbocycles. The van der Waals surface area contributed by atoms with Crippen LogP contribution in [0.3, 0.4) is 0 Å². The molecule has 0 N–H and O–H groups in total. The standard InChI is InChI=1S/C18H23N5O2/c1-22(2)9-8-16(23-12-19-20-21-23)15-10-13-6-5-7-17(24-3)14(13)11-18(15)25-4/h5-7,10-12,16H,8-9H2,1-4H3. The van der Waals surface area contributed by atoms with Gasteiger partial charge in [-0.05, 0) is 61.1 Å². The van der Waals surface area contributed by atoms with Crippen molar-refractivity contribution in [2.45, 2.75) is 12.5 Å². The lowest BCUT2D eigenvalue weighted by atomic mass is 9.98. The Morgan fingerprint density at radius 1 is 1.12 bits per heavy atom. The van der Waals surface area contributed by atoms with Crippen LogP contribution in [0, 0.1) is 0 Å². The molecule has 1 unspecified atom stereocenters. The minimum absolute atomic E-state index is 0.0112. The van der Waals surface area contributed by atoms with Crippen molar-refractivity contribution in [2.24, 2.45) is 0 Å². The van der Waals surface area contributed by atoms with Gasteiger partial charge in [0.15, 0.2) is 0 Å². The average Bonchev–Trinajstić information content (AvgIpc) is 3.14. The molecule has 0 aliphatic rings. The van der Waals surface area contributed by atoms with E-state index in [9.17, 15) is 0 Å². The summed E-state index contributed by atoms with van der Waals surface area (Å²) in [4.78, 5) is 2.15. The van der Waals surface area contributed by atoms with Crippen LogP contribution in [0.4, 0.5) is 0 Å². The monoisotopic (exact) mass is 341 g/mol. The van der Waals surface area contributed by atoms with Gasteiger partial charge in [0.1, 0.15) is 17.8 Å². The lowest BCUT2D eigenvalue weighted by Crippen LogP contribution is -2.20. The van der Waals surface area contributed by atoms with E-state index in [0.717, 1.165) is 40.8 Å². The van der Waals surface area contributed by atoms with Crippen molar-refractivity contribution in [1.82, 2.24) is 25.1 Å². The maximum Gasteiger partial charge on any atom is 0.138 e. The third-order valence-corrected chi connectivity index (χ3v) is 4.30. The van der Waals surface area contributed by atoms with Crippen molar-refractivity contribution in [3.05, 3.63) is 42.2 Å². The summed E-state index contributed by atoms with van der Waals surface area (Å²) in [5.74, 6) is 1.63. The van der Waals surface area contributed by atoms with Gasteiger partial charge in [0.2, 0.25) is 0 Å². The van der Waals surface area contributed by atoms with E-state index < -0.39 is 0 Å². The molecule has 3 rings (SSSR count). The van der Waals surface area contributed by atoms with E-state index in [4.69, 9.17) is 9.47 Å². The number of aromatic nitrogens is 4. The number of tetrazole rings is 1. The maximum absolute atomic E-state index is 5.69. The van der Waals surface area contributed by atoms with Crippen LogP contribution in [-0.4, -0.2) is 60.0 Å². The predicted octanol–water partition coefficient (Wildman–Crippen LogP) is 2.38. The SMILES string of the molecule is COc1cc2c(OC)cccc2cc1C(CCN(C)C)n1cnnn1. The van der Waals surface area contributed by atoms with Crippen LogP contribution in [0.2, 0.25) is 0 Å². The van der Waals surface area contributed by atoms with Gasteiger partial charge in [-0.1, -0.05) is 12.1 Å². The van der Waals surface area contributed by atoms with Gasteiger partial charge < -0.3 is 14.4 Å². The third kappa shape index (κ3) is 3.56. The van der Waals surface area contributed by atoms with E-state index in [0.29, 0.717) is 0 Å². The highest BCUT2D eigenvalue weighted by molar-refractivity contribution is 5.90. The van der Waals surface area contributed by atoms with Crippen LogP contribution < -0.4 is 9.47 Å². The minimum atomic E-state index is -0.0112. The van der Waals surface area contributed by atoms with Gasteiger partial charge >= 0.3 is 0 Å². The van der Waals surface area contributed by atoms with E-state index in [1.165, 1.54) is 0 Å². The Bertz CT molecular complexity index is 833. The highest BCUT2D eigenvalue weighted by Crippen LogP contribution is 2.36. The van der Waals surface area contributed by atoms with Crippen molar-refractivity contribution >= 4 is 10.8 Å². The second kappa shape index (κ2) is 7.48. The van der Waals surface area contributed by atoms with Crippen LogP contribution in [0.5, 0.6) is 11.5 Å². The molecule has 7 heteroatoms. The molecule has 7 nitrogen and oxygen atoms in total. The van der Waals surface area contributed by atoms with E-state index in [1.807, 2.05) is 18.2 Å². The second-order valence-corrected chi connectivity index (χ2v) is 6.17. The second-order valence-electron chi connectivity index (χ2n) is 6.17. The zero-order chi connectivity index (χ0) is 17.8. The van der Waals surface area contributed by atoms with Crippen molar-refractivity contribution in [3.63, 3.8) is 0 Å². The van der Waals surface area contributed by atoms with Gasteiger partial charge in [0.25, 0.3) is 0 Å². The van der Waals surface area contributed by atoms with Gasteiger partial charge in [0, 0.05) is 10.9 Å². The fourth-order valence-electron chi connectivity index (χ4n) is 3.03. The van der Waals surface area contributed by atoms with Gasteiger partial charge in [-0.2, -0.15) is 0 Å². The summed E-state index contributed by atoms with van der Waals surface area (Å²) in [5, 5.41) is 13.8. The molecule has 132 valence electrons. The lowest BCUT2D eigenvalue weighted by molar-refractivity contribution is 0.344. The molecule has 0 radical (unpaired) electrons. The Labute approximate surface area is 147 Å². The zero-order valence-corrected chi connectivity index (χ0v) is 15.0. The molecule has 0 fully saturated rings. The molecule has 2 aromatic carbocycles.